The molecule has 0 bridgehead atoms. The van der Waals surface area contributed by atoms with Crippen LogP contribution in [0, 0.1) is 12.8 Å². The molecule has 2 aliphatic rings. The van der Waals surface area contributed by atoms with Gasteiger partial charge < -0.3 is 9.42 Å². The molecule has 4 rings (SSSR count). The summed E-state index contributed by atoms with van der Waals surface area (Å²) < 4.78 is 10.1. The van der Waals surface area contributed by atoms with E-state index < -0.39 is 0 Å². The first kappa shape index (κ1) is 13.7. The summed E-state index contributed by atoms with van der Waals surface area (Å²) in [6, 6.07) is 0. The van der Waals surface area contributed by atoms with Gasteiger partial charge in [-0.2, -0.15) is 4.98 Å². The minimum atomic E-state index is 0.724. The Labute approximate surface area is 128 Å². The van der Waals surface area contributed by atoms with E-state index in [0.717, 1.165) is 68.3 Å². The van der Waals surface area contributed by atoms with Gasteiger partial charge in [0.15, 0.2) is 11.6 Å². The third-order valence-electron chi connectivity index (χ3n) is 4.34. The van der Waals surface area contributed by atoms with Crippen molar-refractivity contribution >= 4 is 5.82 Å². The van der Waals surface area contributed by atoms with Gasteiger partial charge in [0.2, 0.25) is 5.89 Å². The van der Waals surface area contributed by atoms with E-state index in [1.165, 1.54) is 12.8 Å². The Hall–Kier alpha value is -1.96. The van der Waals surface area contributed by atoms with Crippen LogP contribution < -0.4 is 4.90 Å². The molecule has 1 saturated heterocycles. The second kappa shape index (κ2) is 5.68. The first-order chi connectivity index (χ1) is 10.8. The predicted octanol–water partition coefficient (Wildman–Crippen LogP) is 1.04. The number of nitrogens with zero attached hydrogens (tertiary/aromatic N) is 6. The Kier molecular flexibility index (Phi) is 3.53. The van der Waals surface area contributed by atoms with Crippen molar-refractivity contribution in [3.63, 3.8) is 0 Å². The Morgan fingerprint density at radius 2 is 1.91 bits per heavy atom. The van der Waals surface area contributed by atoms with Crippen molar-refractivity contribution in [2.24, 2.45) is 5.92 Å². The number of hydrogen-bond acceptors (Lipinski definition) is 8. The van der Waals surface area contributed by atoms with Crippen molar-refractivity contribution in [3.05, 3.63) is 17.4 Å². The third-order valence-corrected chi connectivity index (χ3v) is 4.34. The van der Waals surface area contributed by atoms with Crippen LogP contribution in [0.15, 0.2) is 9.15 Å². The predicted molar refractivity (Wildman–Crippen MR) is 77.3 cm³/mol. The molecule has 118 valence electrons. The summed E-state index contributed by atoms with van der Waals surface area (Å²) in [6.07, 6.45) is 3.58. The van der Waals surface area contributed by atoms with Crippen LogP contribution in [-0.2, 0) is 13.0 Å². The van der Waals surface area contributed by atoms with Gasteiger partial charge in [0, 0.05) is 32.6 Å². The summed E-state index contributed by atoms with van der Waals surface area (Å²) in [6.45, 7) is 6.31. The van der Waals surface area contributed by atoms with Crippen molar-refractivity contribution in [2.45, 2.75) is 32.7 Å². The van der Waals surface area contributed by atoms with Gasteiger partial charge in [-0.25, -0.2) is 4.63 Å². The molecule has 0 spiro atoms. The van der Waals surface area contributed by atoms with Crippen molar-refractivity contribution in [2.75, 3.05) is 31.1 Å². The summed E-state index contributed by atoms with van der Waals surface area (Å²) in [5, 5.41) is 11.9. The lowest BCUT2D eigenvalue weighted by molar-refractivity contribution is 0.214. The zero-order valence-electron chi connectivity index (χ0n) is 12.7. The lowest BCUT2D eigenvalue weighted by atomic mass is 10.3. The molecule has 2 aromatic heterocycles. The fraction of sp³-hybridized carbons (Fsp3) is 0.714. The lowest BCUT2D eigenvalue weighted by Gasteiger charge is -2.33. The van der Waals surface area contributed by atoms with Crippen LogP contribution in [0.4, 0.5) is 5.82 Å². The molecule has 8 heteroatoms. The molecule has 0 N–H and O–H groups in total. The highest BCUT2D eigenvalue weighted by atomic mass is 16.6. The Bertz CT molecular complexity index is 627. The van der Waals surface area contributed by atoms with Gasteiger partial charge in [0.1, 0.15) is 5.69 Å². The number of rotatable bonds is 5. The van der Waals surface area contributed by atoms with E-state index >= 15 is 0 Å². The maximum atomic E-state index is 5.36. The second-order valence-corrected chi connectivity index (χ2v) is 6.19. The quantitative estimate of drug-likeness (QED) is 0.810. The summed E-state index contributed by atoms with van der Waals surface area (Å²) in [5.74, 6) is 3.22. The average molecular weight is 304 g/mol. The van der Waals surface area contributed by atoms with Crippen LogP contribution in [0.3, 0.4) is 0 Å². The molecule has 1 saturated carbocycles. The van der Waals surface area contributed by atoms with Crippen molar-refractivity contribution < 1.29 is 9.15 Å². The van der Waals surface area contributed by atoms with Crippen LogP contribution in [0.5, 0.6) is 0 Å². The van der Waals surface area contributed by atoms with Crippen molar-refractivity contribution in [3.8, 4) is 0 Å². The molecule has 22 heavy (non-hydrogen) atoms. The van der Waals surface area contributed by atoms with Gasteiger partial charge >= 0.3 is 0 Å². The fourth-order valence-corrected chi connectivity index (χ4v) is 2.84. The fourth-order valence-electron chi connectivity index (χ4n) is 2.84. The minimum Gasteiger partial charge on any atom is -0.350 e. The number of aromatic nitrogens is 4. The van der Waals surface area contributed by atoms with Crippen molar-refractivity contribution in [1.82, 2.24) is 25.4 Å². The Balaban J connectivity index is 1.30. The summed E-state index contributed by atoms with van der Waals surface area (Å²) >= 11 is 0. The van der Waals surface area contributed by atoms with Gasteiger partial charge in [-0.05, 0) is 30.8 Å². The maximum Gasteiger partial charge on any atom is 0.240 e. The molecule has 0 amide bonds. The van der Waals surface area contributed by atoms with E-state index in [2.05, 4.69) is 30.3 Å². The van der Waals surface area contributed by atoms with E-state index in [4.69, 9.17) is 9.15 Å². The molecule has 0 atom stereocenters. The summed E-state index contributed by atoms with van der Waals surface area (Å²) in [5.41, 5.74) is 0.843. The number of aryl methyl sites for hydroxylation is 1. The van der Waals surface area contributed by atoms with Gasteiger partial charge in [-0.3, -0.25) is 4.90 Å². The van der Waals surface area contributed by atoms with Gasteiger partial charge in [-0.1, -0.05) is 10.3 Å². The van der Waals surface area contributed by atoms with Gasteiger partial charge in [0.25, 0.3) is 0 Å². The zero-order valence-corrected chi connectivity index (χ0v) is 12.7. The van der Waals surface area contributed by atoms with Gasteiger partial charge in [0.05, 0.1) is 6.54 Å². The molecule has 0 aromatic carbocycles. The average Bonchev–Trinajstić information content (AvgIpc) is 3.06. The standard InChI is InChI=1S/C14H20N6O2/c1-10-14(18-22-16-10)20-6-4-19(5-7-20)9-13-15-12(17-21-13)8-11-2-3-11/h11H,2-9H2,1H3. The highest BCUT2D eigenvalue weighted by Crippen LogP contribution is 2.31. The molecule has 2 aromatic rings. The SMILES string of the molecule is Cc1nonc1N1CCN(Cc2nc(CC3CC3)no2)CC1. The molecule has 0 unspecified atom stereocenters. The Morgan fingerprint density at radius 1 is 1.09 bits per heavy atom. The van der Waals surface area contributed by atoms with E-state index in [9.17, 15) is 0 Å². The molecule has 1 aliphatic heterocycles. The third kappa shape index (κ3) is 2.96. The van der Waals surface area contributed by atoms with E-state index in [1.54, 1.807) is 0 Å². The largest absolute Gasteiger partial charge is 0.350 e. The minimum absolute atomic E-state index is 0.724. The molecule has 1 aliphatic carbocycles. The topological polar surface area (TPSA) is 84.3 Å². The molecule has 8 nitrogen and oxygen atoms in total. The van der Waals surface area contributed by atoms with E-state index in [0.29, 0.717) is 0 Å². The highest BCUT2D eigenvalue weighted by molar-refractivity contribution is 5.41. The van der Waals surface area contributed by atoms with Gasteiger partial charge in [-0.15, -0.1) is 0 Å². The van der Waals surface area contributed by atoms with Crippen LogP contribution in [-0.4, -0.2) is 51.5 Å². The Morgan fingerprint density at radius 3 is 2.59 bits per heavy atom. The molecule has 2 fully saturated rings. The lowest BCUT2D eigenvalue weighted by Crippen LogP contribution is -2.46. The summed E-state index contributed by atoms with van der Waals surface area (Å²) in [4.78, 5) is 9.03. The normalized spacial score (nSPS) is 19.8. The number of anilines is 1. The molecule has 0 radical (unpaired) electrons. The number of piperazine rings is 1. The highest BCUT2D eigenvalue weighted by Gasteiger charge is 2.25. The molecule has 3 heterocycles. The van der Waals surface area contributed by atoms with E-state index in [-0.39, 0.29) is 0 Å². The summed E-state index contributed by atoms with van der Waals surface area (Å²) in [7, 11) is 0. The van der Waals surface area contributed by atoms with E-state index in [1.807, 2.05) is 6.92 Å². The molecular weight excluding hydrogens is 284 g/mol. The van der Waals surface area contributed by atoms with Crippen LogP contribution in [0.1, 0.15) is 30.3 Å². The van der Waals surface area contributed by atoms with Crippen LogP contribution in [0.2, 0.25) is 0 Å². The zero-order chi connectivity index (χ0) is 14.9. The number of hydrogen-bond donors (Lipinski definition) is 0. The first-order valence-corrected chi connectivity index (χ1v) is 7.86. The molecular formula is C14H20N6O2. The smallest absolute Gasteiger partial charge is 0.240 e. The second-order valence-electron chi connectivity index (χ2n) is 6.19. The van der Waals surface area contributed by atoms with Crippen LogP contribution in [0.25, 0.3) is 0 Å². The first-order valence-electron chi connectivity index (χ1n) is 7.86. The van der Waals surface area contributed by atoms with Crippen molar-refractivity contribution in [1.29, 1.82) is 0 Å². The maximum absolute atomic E-state index is 5.36. The monoisotopic (exact) mass is 304 g/mol. The van der Waals surface area contributed by atoms with Crippen LogP contribution >= 0.6 is 0 Å².